The van der Waals surface area contributed by atoms with Crippen LogP contribution in [-0.2, 0) is 0 Å². The van der Waals surface area contributed by atoms with Gasteiger partial charge in [0.05, 0.1) is 0 Å². The lowest BCUT2D eigenvalue weighted by atomic mass is 9.85. The first-order valence-electron chi connectivity index (χ1n) is 18.8. The fourth-order valence-electron chi connectivity index (χ4n) is 8.97. The molecule has 0 amide bonds. The van der Waals surface area contributed by atoms with Gasteiger partial charge in [-0.1, -0.05) is 194 Å². The molecule has 11 aromatic rings. The van der Waals surface area contributed by atoms with Crippen molar-refractivity contribution in [3.05, 3.63) is 206 Å². The third-order valence-electron chi connectivity index (χ3n) is 11.4. The van der Waals surface area contributed by atoms with Gasteiger partial charge in [-0.3, -0.25) is 0 Å². The summed E-state index contributed by atoms with van der Waals surface area (Å²) in [5.74, 6) is 0. The molecule has 0 aromatic heterocycles. The molecule has 54 heavy (non-hydrogen) atoms. The molecule has 0 saturated heterocycles. The molecule has 0 spiro atoms. The molecule has 0 aliphatic heterocycles. The first-order chi connectivity index (χ1) is 26.8. The molecule has 0 fully saturated rings. The Hall–Kier alpha value is -7.02. The maximum Gasteiger partial charge on any atom is -0.00264 e. The Labute approximate surface area is 314 Å². The molecule has 0 radical (unpaired) electrons. The van der Waals surface area contributed by atoms with Gasteiger partial charge in [-0.2, -0.15) is 0 Å². The minimum atomic E-state index is 1.22. The maximum atomic E-state index is 2.35. The molecule has 0 aliphatic carbocycles. The predicted molar refractivity (Wildman–Crippen MR) is 233 cm³/mol. The number of benzene rings is 11. The largest absolute Gasteiger partial charge is 0.0616 e. The summed E-state index contributed by atoms with van der Waals surface area (Å²) in [6.45, 7) is 0. The lowest BCUT2D eigenvalue weighted by Gasteiger charge is -2.18. The topological polar surface area (TPSA) is 0 Å². The van der Waals surface area contributed by atoms with Gasteiger partial charge in [0, 0.05) is 0 Å². The maximum absolute atomic E-state index is 2.35. The van der Waals surface area contributed by atoms with Crippen molar-refractivity contribution in [2.75, 3.05) is 0 Å². The summed E-state index contributed by atoms with van der Waals surface area (Å²) in [4.78, 5) is 0. The van der Waals surface area contributed by atoms with Crippen LogP contribution in [0.3, 0.4) is 0 Å². The van der Waals surface area contributed by atoms with Crippen LogP contribution in [0.4, 0.5) is 0 Å². The summed E-state index contributed by atoms with van der Waals surface area (Å²) < 4.78 is 0. The fraction of sp³-hybridized carbons (Fsp3) is 0. The average Bonchev–Trinajstić information content (AvgIpc) is 3.25. The number of fused-ring (bicyclic) bond motifs is 8. The Morgan fingerprint density at radius 3 is 0.796 bits per heavy atom. The van der Waals surface area contributed by atoms with Crippen LogP contribution in [0.5, 0.6) is 0 Å². The van der Waals surface area contributed by atoms with Crippen molar-refractivity contribution < 1.29 is 0 Å². The monoisotopic (exact) mass is 682 g/mol. The van der Waals surface area contributed by atoms with Crippen LogP contribution in [0.2, 0.25) is 0 Å². The van der Waals surface area contributed by atoms with Crippen LogP contribution in [0.15, 0.2) is 206 Å². The van der Waals surface area contributed by atoms with Gasteiger partial charge < -0.3 is 0 Å². The van der Waals surface area contributed by atoms with Gasteiger partial charge in [0.1, 0.15) is 0 Å². The molecule has 11 aromatic carbocycles. The Morgan fingerprint density at radius 1 is 0.185 bits per heavy atom. The van der Waals surface area contributed by atoms with E-state index in [1.807, 2.05) is 0 Å². The van der Waals surface area contributed by atoms with E-state index in [9.17, 15) is 0 Å². The van der Waals surface area contributed by atoms with E-state index in [-0.39, 0.29) is 0 Å². The van der Waals surface area contributed by atoms with Crippen molar-refractivity contribution in [1.29, 1.82) is 0 Å². The van der Waals surface area contributed by atoms with Crippen molar-refractivity contribution in [3.63, 3.8) is 0 Å². The van der Waals surface area contributed by atoms with E-state index in [1.54, 1.807) is 0 Å². The SMILES string of the molecule is c1ccc2c(c1)cc(-c1ccc(-c3c4ccccc4c(-c4ccc(-c5cc6ccccc6c6ccccc56)cc4)c4ccccc34)cc1)c1ccccc12. The second-order valence-electron chi connectivity index (χ2n) is 14.4. The molecule has 11 rings (SSSR count). The third kappa shape index (κ3) is 4.78. The second-order valence-corrected chi connectivity index (χ2v) is 14.4. The first kappa shape index (κ1) is 30.6. The lowest BCUT2D eigenvalue weighted by molar-refractivity contribution is 1.63. The highest BCUT2D eigenvalue weighted by Gasteiger charge is 2.18. The van der Waals surface area contributed by atoms with E-state index in [4.69, 9.17) is 0 Å². The van der Waals surface area contributed by atoms with E-state index >= 15 is 0 Å². The third-order valence-corrected chi connectivity index (χ3v) is 11.4. The molecular weight excluding hydrogens is 649 g/mol. The summed E-state index contributed by atoms with van der Waals surface area (Å²) in [5, 5.41) is 15.3. The minimum absolute atomic E-state index is 1.22. The molecule has 250 valence electrons. The second kappa shape index (κ2) is 12.3. The van der Waals surface area contributed by atoms with Crippen molar-refractivity contribution in [2.45, 2.75) is 0 Å². The van der Waals surface area contributed by atoms with Gasteiger partial charge in [-0.25, -0.2) is 0 Å². The smallest absolute Gasteiger partial charge is 0.00264 e. The van der Waals surface area contributed by atoms with Gasteiger partial charge >= 0.3 is 0 Å². The summed E-state index contributed by atoms with van der Waals surface area (Å²) in [7, 11) is 0. The van der Waals surface area contributed by atoms with Gasteiger partial charge in [-0.15, -0.1) is 0 Å². The van der Waals surface area contributed by atoms with Gasteiger partial charge in [0.15, 0.2) is 0 Å². The predicted octanol–water partition coefficient (Wildman–Crippen LogP) is 15.3. The van der Waals surface area contributed by atoms with E-state index < -0.39 is 0 Å². The Balaban J connectivity index is 1.06. The van der Waals surface area contributed by atoms with Crippen LogP contribution in [0, 0.1) is 0 Å². The van der Waals surface area contributed by atoms with Crippen LogP contribution in [0.1, 0.15) is 0 Å². The fourth-order valence-corrected chi connectivity index (χ4v) is 8.97. The molecular formula is C54H34. The van der Waals surface area contributed by atoms with Gasteiger partial charge in [0.2, 0.25) is 0 Å². The molecule has 0 nitrogen and oxygen atoms in total. The van der Waals surface area contributed by atoms with Crippen LogP contribution < -0.4 is 0 Å². The number of rotatable bonds is 4. The first-order valence-corrected chi connectivity index (χ1v) is 18.8. The summed E-state index contributed by atoms with van der Waals surface area (Å²) in [5.41, 5.74) is 9.98. The van der Waals surface area contributed by atoms with E-state index in [1.165, 1.54) is 109 Å². The number of hydrogen-bond acceptors (Lipinski definition) is 0. The molecule has 0 heteroatoms. The zero-order valence-corrected chi connectivity index (χ0v) is 29.6. The Bertz CT molecular complexity index is 2960. The minimum Gasteiger partial charge on any atom is -0.0616 e. The molecule has 0 heterocycles. The van der Waals surface area contributed by atoms with E-state index in [2.05, 4.69) is 206 Å². The molecule has 0 atom stereocenters. The Kier molecular flexibility index (Phi) is 6.97. The Morgan fingerprint density at radius 2 is 0.444 bits per heavy atom. The van der Waals surface area contributed by atoms with E-state index in [0.29, 0.717) is 0 Å². The molecule has 0 saturated carbocycles. The number of hydrogen-bond donors (Lipinski definition) is 0. The molecule has 0 unspecified atom stereocenters. The quantitative estimate of drug-likeness (QED) is 0.128. The summed E-state index contributed by atoms with van der Waals surface area (Å²) in [6.07, 6.45) is 0. The molecule has 0 aliphatic rings. The lowest BCUT2D eigenvalue weighted by Crippen LogP contribution is -1.91. The van der Waals surface area contributed by atoms with Crippen molar-refractivity contribution in [3.8, 4) is 44.5 Å². The summed E-state index contributed by atoms with van der Waals surface area (Å²) >= 11 is 0. The zero-order valence-electron chi connectivity index (χ0n) is 29.6. The highest BCUT2D eigenvalue weighted by atomic mass is 14.2. The highest BCUT2D eigenvalue weighted by Crippen LogP contribution is 2.45. The zero-order chi connectivity index (χ0) is 35.6. The standard InChI is InChI=1S/C54H34/c1-3-15-41-39(13-1)33-51(45-19-7-5-17-43(41)45)35-25-29-37(30-26-35)53-47-21-9-11-23-49(47)54(50-24-12-10-22-48(50)53)38-31-27-36(28-32-38)52-34-40-14-2-4-16-42(40)44-18-6-8-20-46(44)52/h1-34H. The van der Waals surface area contributed by atoms with Gasteiger partial charge in [0.25, 0.3) is 0 Å². The summed E-state index contributed by atoms with van der Waals surface area (Å²) in [6, 6.07) is 76.0. The molecule has 0 N–H and O–H groups in total. The van der Waals surface area contributed by atoms with Crippen LogP contribution in [-0.4, -0.2) is 0 Å². The highest BCUT2D eigenvalue weighted by molar-refractivity contribution is 6.22. The van der Waals surface area contributed by atoms with E-state index in [0.717, 1.165) is 0 Å². The average molecular weight is 683 g/mol. The van der Waals surface area contributed by atoms with Crippen molar-refractivity contribution in [2.24, 2.45) is 0 Å². The van der Waals surface area contributed by atoms with Gasteiger partial charge in [-0.05, 0) is 121 Å². The van der Waals surface area contributed by atoms with Crippen LogP contribution >= 0.6 is 0 Å². The van der Waals surface area contributed by atoms with Crippen molar-refractivity contribution >= 4 is 64.6 Å². The normalized spacial score (nSPS) is 11.7. The van der Waals surface area contributed by atoms with Crippen molar-refractivity contribution in [1.82, 2.24) is 0 Å². The molecule has 0 bridgehead atoms. The van der Waals surface area contributed by atoms with Crippen LogP contribution in [0.25, 0.3) is 109 Å².